The number of sulfone groups is 1. The Morgan fingerprint density at radius 1 is 1.29 bits per heavy atom. The molecule has 0 radical (unpaired) electrons. The largest absolute Gasteiger partial charge is 0.479 e. The van der Waals surface area contributed by atoms with Gasteiger partial charge in [-0.1, -0.05) is 0 Å². The zero-order valence-electron chi connectivity index (χ0n) is 12.4. The molecule has 0 aromatic carbocycles. The summed E-state index contributed by atoms with van der Waals surface area (Å²) in [5.74, 6) is -1.00. The monoisotopic (exact) mass is 322 g/mol. The van der Waals surface area contributed by atoms with E-state index in [0.717, 1.165) is 6.26 Å². The van der Waals surface area contributed by atoms with Gasteiger partial charge in [0.05, 0.1) is 10.9 Å². The van der Waals surface area contributed by atoms with E-state index < -0.39 is 32.7 Å². The third kappa shape index (κ3) is 5.16. The van der Waals surface area contributed by atoms with Gasteiger partial charge in [0, 0.05) is 19.3 Å². The smallest absolute Gasteiger partial charge is 0.332 e. The van der Waals surface area contributed by atoms with Crippen molar-refractivity contribution in [1.82, 2.24) is 10.6 Å². The Bertz CT molecular complexity index is 502. The maximum Gasteiger partial charge on any atom is 0.332 e. The summed E-state index contributed by atoms with van der Waals surface area (Å²) in [6.07, 6.45) is 0.949. The number of amides is 2. The van der Waals surface area contributed by atoms with E-state index >= 15 is 0 Å². The van der Waals surface area contributed by atoms with Gasteiger partial charge >= 0.3 is 12.0 Å². The summed E-state index contributed by atoms with van der Waals surface area (Å²) in [7, 11) is -3.28. The Morgan fingerprint density at radius 2 is 1.90 bits per heavy atom. The highest BCUT2D eigenvalue weighted by molar-refractivity contribution is 7.92. The second kappa shape index (κ2) is 6.61. The van der Waals surface area contributed by atoms with Gasteiger partial charge in [0.15, 0.2) is 15.9 Å². The number of nitrogens with one attached hydrogen (secondary N) is 2. The second-order valence-corrected chi connectivity index (χ2v) is 8.41. The molecule has 1 heterocycles. The number of carbonyl (C=O) groups excluding carboxylic acids is 1. The standard InChI is InChI=1S/C12H22N2O6S/c1-12(2,21(3,18)19)7-14-11(17)13-6-8-4-5-9(20-8)10(15)16/h8-9H,4-7H2,1-3H3,(H,15,16)(H2,13,14,17). The summed E-state index contributed by atoms with van der Waals surface area (Å²) in [6.45, 7) is 3.23. The zero-order chi connectivity index (χ0) is 16.3. The quantitative estimate of drug-likeness (QED) is 0.619. The van der Waals surface area contributed by atoms with Crippen LogP contribution in [0.25, 0.3) is 0 Å². The van der Waals surface area contributed by atoms with Crippen molar-refractivity contribution in [2.45, 2.75) is 43.6 Å². The maximum absolute atomic E-state index is 11.6. The van der Waals surface area contributed by atoms with Gasteiger partial charge in [-0.3, -0.25) is 0 Å². The first-order chi connectivity index (χ1) is 9.53. The van der Waals surface area contributed by atoms with E-state index in [4.69, 9.17) is 9.84 Å². The fraction of sp³-hybridized carbons (Fsp3) is 0.833. The number of aliphatic carboxylic acids is 1. The minimum absolute atomic E-state index is 0.0130. The van der Waals surface area contributed by atoms with E-state index in [1.54, 1.807) is 0 Å². The Morgan fingerprint density at radius 3 is 2.38 bits per heavy atom. The van der Waals surface area contributed by atoms with Crippen molar-refractivity contribution in [3.8, 4) is 0 Å². The fourth-order valence-corrected chi connectivity index (χ4v) is 2.07. The summed E-state index contributed by atoms with van der Waals surface area (Å²) in [4.78, 5) is 22.3. The van der Waals surface area contributed by atoms with Crippen LogP contribution in [-0.2, 0) is 19.4 Å². The molecule has 2 atom stereocenters. The summed E-state index contributed by atoms with van der Waals surface area (Å²) in [6, 6.07) is -0.505. The first kappa shape index (κ1) is 17.7. The molecule has 0 aromatic rings. The molecule has 1 rings (SSSR count). The molecular weight excluding hydrogens is 300 g/mol. The lowest BCUT2D eigenvalue weighted by Gasteiger charge is -2.23. The summed E-state index contributed by atoms with van der Waals surface area (Å²) in [5, 5.41) is 13.8. The summed E-state index contributed by atoms with van der Waals surface area (Å²) < 4.78 is 27.2. The van der Waals surface area contributed by atoms with Crippen LogP contribution >= 0.6 is 0 Å². The normalized spacial score (nSPS) is 22.8. The number of urea groups is 1. The first-order valence-electron chi connectivity index (χ1n) is 6.62. The minimum atomic E-state index is -3.28. The predicted molar refractivity (Wildman–Crippen MR) is 75.9 cm³/mol. The number of carbonyl (C=O) groups is 2. The third-order valence-corrected chi connectivity index (χ3v) is 5.70. The van der Waals surface area contributed by atoms with Crippen LogP contribution in [0.1, 0.15) is 26.7 Å². The number of rotatable bonds is 6. The second-order valence-electron chi connectivity index (χ2n) is 5.76. The van der Waals surface area contributed by atoms with Crippen molar-refractivity contribution in [2.24, 2.45) is 0 Å². The average molecular weight is 322 g/mol. The number of hydrogen-bond donors (Lipinski definition) is 3. The molecule has 9 heteroatoms. The summed E-state index contributed by atoms with van der Waals surface area (Å²) >= 11 is 0. The number of carboxylic acids is 1. The van der Waals surface area contributed by atoms with Gasteiger partial charge in [0.2, 0.25) is 0 Å². The van der Waals surface area contributed by atoms with Gasteiger partial charge < -0.3 is 20.5 Å². The number of hydrogen-bond acceptors (Lipinski definition) is 5. The highest BCUT2D eigenvalue weighted by atomic mass is 32.2. The lowest BCUT2D eigenvalue weighted by molar-refractivity contribution is -0.149. The molecule has 1 fully saturated rings. The van der Waals surface area contributed by atoms with Crippen LogP contribution in [0.15, 0.2) is 0 Å². The molecule has 122 valence electrons. The van der Waals surface area contributed by atoms with Crippen LogP contribution in [0.3, 0.4) is 0 Å². The molecule has 0 saturated carbocycles. The maximum atomic E-state index is 11.6. The van der Waals surface area contributed by atoms with Crippen molar-refractivity contribution in [1.29, 1.82) is 0 Å². The van der Waals surface area contributed by atoms with Crippen LogP contribution in [0.2, 0.25) is 0 Å². The lowest BCUT2D eigenvalue weighted by Crippen LogP contribution is -2.48. The number of carboxylic acid groups (broad SMARTS) is 1. The predicted octanol–water partition coefficient (Wildman–Crippen LogP) is -0.259. The van der Waals surface area contributed by atoms with Gasteiger partial charge in [0.25, 0.3) is 0 Å². The first-order valence-corrected chi connectivity index (χ1v) is 8.51. The van der Waals surface area contributed by atoms with Crippen LogP contribution in [0, 0.1) is 0 Å². The van der Waals surface area contributed by atoms with Gasteiger partial charge in [-0.2, -0.15) is 0 Å². The van der Waals surface area contributed by atoms with Crippen LogP contribution in [0.5, 0.6) is 0 Å². The molecule has 1 aliphatic heterocycles. The van der Waals surface area contributed by atoms with Gasteiger partial charge in [-0.15, -0.1) is 0 Å². The van der Waals surface area contributed by atoms with Crippen molar-refractivity contribution < 1.29 is 27.9 Å². The van der Waals surface area contributed by atoms with Crippen molar-refractivity contribution in [3.05, 3.63) is 0 Å². The van der Waals surface area contributed by atoms with E-state index in [-0.39, 0.29) is 19.2 Å². The molecule has 0 aromatic heterocycles. The Hall–Kier alpha value is -1.35. The van der Waals surface area contributed by atoms with Crippen LogP contribution < -0.4 is 10.6 Å². The Kier molecular flexibility index (Phi) is 5.57. The molecule has 1 saturated heterocycles. The van der Waals surface area contributed by atoms with Crippen LogP contribution in [0.4, 0.5) is 4.79 Å². The van der Waals surface area contributed by atoms with E-state index in [0.29, 0.717) is 12.8 Å². The highest BCUT2D eigenvalue weighted by Gasteiger charge is 2.32. The fourth-order valence-electron chi connectivity index (χ4n) is 1.73. The van der Waals surface area contributed by atoms with Gasteiger partial charge in [-0.25, -0.2) is 18.0 Å². The molecule has 0 aliphatic carbocycles. The molecule has 0 bridgehead atoms. The van der Waals surface area contributed by atoms with Gasteiger partial charge in [0.1, 0.15) is 0 Å². The molecule has 1 aliphatic rings. The molecule has 2 amide bonds. The Labute approximate surface area is 124 Å². The molecule has 3 N–H and O–H groups in total. The molecule has 21 heavy (non-hydrogen) atoms. The summed E-state index contributed by atoms with van der Waals surface area (Å²) in [5.41, 5.74) is 0. The van der Waals surface area contributed by atoms with Crippen molar-refractivity contribution in [3.63, 3.8) is 0 Å². The number of ether oxygens (including phenoxy) is 1. The topological polar surface area (TPSA) is 122 Å². The van der Waals surface area contributed by atoms with E-state index in [2.05, 4.69) is 10.6 Å². The molecule has 8 nitrogen and oxygen atoms in total. The highest BCUT2D eigenvalue weighted by Crippen LogP contribution is 2.19. The minimum Gasteiger partial charge on any atom is -0.479 e. The molecular formula is C12H22N2O6S. The van der Waals surface area contributed by atoms with E-state index in [1.807, 2.05) is 0 Å². The Balaban J connectivity index is 2.31. The molecule has 0 spiro atoms. The average Bonchev–Trinajstić information content (AvgIpc) is 2.81. The molecule has 2 unspecified atom stereocenters. The van der Waals surface area contributed by atoms with Crippen LogP contribution in [-0.4, -0.2) is 61.8 Å². The zero-order valence-corrected chi connectivity index (χ0v) is 13.2. The van der Waals surface area contributed by atoms with E-state index in [9.17, 15) is 18.0 Å². The van der Waals surface area contributed by atoms with Gasteiger partial charge in [-0.05, 0) is 26.7 Å². The van der Waals surface area contributed by atoms with Crippen molar-refractivity contribution >= 4 is 21.8 Å². The van der Waals surface area contributed by atoms with E-state index in [1.165, 1.54) is 13.8 Å². The SMILES string of the molecule is CC(C)(CNC(=O)NCC1CCC(C(=O)O)O1)S(C)(=O)=O. The van der Waals surface area contributed by atoms with Crippen molar-refractivity contribution in [2.75, 3.05) is 19.3 Å². The third-order valence-electron chi connectivity index (χ3n) is 3.55. The lowest BCUT2D eigenvalue weighted by atomic mass is 10.2.